The van der Waals surface area contributed by atoms with E-state index in [-0.39, 0.29) is 29.6 Å². The summed E-state index contributed by atoms with van der Waals surface area (Å²) in [6, 6.07) is 14.5. The van der Waals surface area contributed by atoms with Crippen molar-refractivity contribution in [2.45, 2.75) is 23.9 Å². The molecule has 0 unspecified atom stereocenters. The van der Waals surface area contributed by atoms with Gasteiger partial charge in [-0.1, -0.05) is 30.3 Å². The van der Waals surface area contributed by atoms with E-state index in [0.717, 1.165) is 22.4 Å². The fraction of sp³-hybridized carbons (Fsp3) is 0.211. The number of rotatable bonds is 3. The molecule has 0 spiro atoms. The summed E-state index contributed by atoms with van der Waals surface area (Å²) in [5, 5.41) is 6.11. The van der Waals surface area contributed by atoms with Crippen molar-refractivity contribution in [3.8, 4) is 0 Å². The number of hydrogen-bond donors (Lipinski definition) is 2. The van der Waals surface area contributed by atoms with Gasteiger partial charge in [0.15, 0.2) is 0 Å². The summed E-state index contributed by atoms with van der Waals surface area (Å²) in [6.45, 7) is -0.218. The van der Waals surface area contributed by atoms with E-state index in [1.165, 1.54) is 4.90 Å². The lowest BCUT2D eigenvalue weighted by atomic mass is 10.0. The van der Waals surface area contributed by atoms with Crippen molar-refractivity contribution < 1.29 is 4.79 Å². The van der Waals surface area contributed by atoms with Crippen LogP contribution in [0.15, 0.2) is 63.0 Å². The first kappa shape index (κ1) is 16.7. The van der Waals surface area contributed by atoms with Gasteiger partial charge in [-0.05, 0) is 30.2 Å². The topological polar surface area (TPSA) is 84.0 Å². The number of nitrogens with one attached hydrogen (secondary N) is 2. The standard InChI is InChI=1S/C19H17N3O3S/c23-17(20-15-9-10-26-16-8-4-3-7-14(15)16)11-22-19(25)13-6-2-1-5-12(13)18(24)21-22/h1-8,15H,9-11H2,(H,20,23)(H,21,24)/t15-/m0/s1. The summed E-state index contributed by atoms with van der Waals surface area (Å²) in [5.74, 6) is 0.624. The van der Waals surface area contributed by atoms with Gasteiger partial charge in [-0.2, -0.15) is 0 Å². The summed E-state index contributed by atoms with van der Waals surface area (Å²) < 4.78 is 1.07. The van der Waals surface area contributed by atoms with Crippen molar-refractivity contribution in [1.82, 2.24) is 15.1 Å². The van der Waals surface area contributed by atoms with Gasteiger partial charge in [0.25, 0.3) is 11.1 Å². The molecule has 1 atom stereocenters. The third-order valence-electron chi connectivity index (χ3n) is 4.48. The SMILES string of the molecule is O=C(Cn1[nH]c(=O)c2ccccc2c1=O)N[C@H]1CCSc2ccccc21. The van der Waals surface area contributed by atoms with Gasteiger partial charge < -0.3 is 5.32 Å². The fourth-order valence-corrected chi connectivity index (χ4v) is 4.36. The van der Waals surface area contributed by atoms with Gasteiger partial charge in [0.2, 0.25) is 5.91 Å². The number of benzene rings is 2. The Morgan fingerprint density at radius 3 is 2.69 bits per heavy atom. The first-order chi connectivity index (χ1) is 12.6. The Labute approximate surface area is 153 Å². The minimum absolute atomic E-state index is 0.0807. The van der Waals surface area contributed by atoms with Crippen LogP contribution in [0.25, 0.3) is 10.8 Å². The van der Waals surface area contributed by atoms with Crippen LogP contribution in [0.2, 0.25) is 0 Å². The maximum Gasteiger partial charge on any atom is 0.273 e. The van der Waals surface area contributed by atoms with E-state index >= 15 is 0 Å². The van der Waals surface area contributed by atoms with Gasteiger partial charge in [0, 0.05) is 10.6 Å². The first-order valence-electron chi connectivity index (χ1n) is 8.36. The molecule has 0 bridgehead atoms. The molecule has 0 saturated heterocycles. The highest BCUT2D eigenvalue weighted by molar-refractivity contribution is 7.99. The molecule has 1 amide bonds. The number of carbonyl (C=O) groups is 1. The van der Waals surface area contributed by atoms with E-state index in [9.17, 15) is 14.4 Å². The Morgan fingerprint density at radius 2 is 1.85 bits per heavy atom. The second kappa shape index (κ2) is 6.84. The van der Waals surface area contributed by atoms with Gasteiger partial charge in [0.05, 0.1) is 16.8 Å². The lowest BCUT2D eigenvalue weighted by Crippen LogP contribution is -2.38. The minimum atomic E-state index is -0.382. The first-order valence-corrected chi connectivity index (χ1v) is 9.35. The molecule has 2 N–H and O–H groups in total. The lowest BCUT2D eigenvalue weighted by molar-refractivity contribution is -0.122. The predicted octanol–water partition coefficient (Wildman–Crippen LogP) is 2.04. The van der Waals surface area contributed by atoms with E-state index in [2.05, 4.69) is 10.4 Å². The molecule has 1 aromatic heterocycles. The average Bonchev–Trinajstić information content (AvgIpc) is 2.66. The third kappa shape index (κ3) is 3.06. The van der Waals surface area contributed by atoms with Crippen molar-refractivity contribution in [2.75, 3.05) is 5.75 Å². The van der Waals surface area contributed by atoms with Crippen LogP contribution in [-0.2, 0) is 11.3 Å². The van der Waals surface area contributed by atoms with Crippen LogP contribution in [0, 0.1) is 0 Å². The van der Waals surface area contributed by atoms with Crippen LogP contribution >= 0.6 is 11.8 Å². The van der Waals surface area contributed by atoms with E-state index in [1.807, 2.05) is 24.3 Å². The van der Waals surface area contributed by atoms with E-state index in [1.54, 1.807) is 36.0 Å². The zero-order valence-corrected chi connectivity index (χ0v) is 14.7. The number of amides is 1. The van der Waals surface area contributed by atoms with Gasteiger partial charge in [-0.3, -0.25) is 19.5 Å². The van der Waals surface area contributed by atoms with E-state index < -0.39 is 0 Å². The zero-order valence-electron chi connectivity index (χ0n) is 13.9. The van der Waals surface area contributed by atoms with Crippen LogP contribution in [0.1, 0.15) is 18.0 Å². The molecule has 7 heteroatoms. The van der Waals surface area contributed by atoms with Crippen LogP contribution in [0.5, 0.6) is 0 Å². The Kier molecular flexibility index (Phi) is 4.38. The molecule has 132 valence electrons. The van der Waals surface area contributed by atoms with Crippen LogP contribution < -0.4 is 16.4 Å². The molecule has 1 aliphatic rings. The Balaban J connectivity index is 1.58. The quantitative estimate of drug-likeness (QED) is 0.742. The normalized spacial score (nSPS) is 16.2. The van der Waals surface area contributed by atoms with Crippen LogP contribution in [0.4, 0.5) is 0 Å². The van der Waals surface area contributed by atoms with Gasteiger partial charge in [-0.15, -0.1) is 11.8 Å². The van der Waals surface area contributed by atoms with Crippen molar-refractivity contribution in [3.05, 3.63) is 74.8 Å². The molecule has 1 aliphatic heterocycles. The Morgan fingerprint density at radius 1 is 1.12 bits per heavy atom. The fourth-order valence-electron chi connectivity index (χ4n) is 3.23. The van der Waals surface area contributed by atoms with Crippen molar-refractivity contribution >= 4 is 28.4 Å². The number of thioether (sulfide) groups is 1. The molecule has 26 heavy (non-hydrogen) atoms. The molecule has 2 heterocycles. The molecule has 2 aromatic carbocycles. The minimum Gasteiger partial charge on any atom is -0.348 e. The van der Waals surface area contributed by atoms with Crippen molar-refractivity contribution in [2.24, 2.45) is 0 Å². The highest BCUT2D eigenvalue weighted by Gasteiger charge is 2.22. The van der Waals surface area contributed by atoms with Gasteiger partial charge in [-0.25, -0.2) is 4.68 Å². The van der Waals surface area contributed by atoms with Gasteiger partial charge in [0.1, 0.15) is 6.54 Å². The molecule has 0 radical (unpaired) electrons. The Hall–Kier alpha value is -2.80. The van der Waals surface area contributed by atoms with E-state index in [0.29, 0.717) is 10.8 Å². The number of H-pyrrole nitrogens is 1. The zero-order chi connectivity index (χ0) is 18.1. The molecular weight excluding hydrogens is 350 g/mol. The molecule has 0 saturated carbocycles. The number of carbonyl (C=O) groups excluding carboxylic acids is 1. The summed E-state index contributed by atoms with van der Waals surface area (Å²) >= 11 is 1.78. The highest BCUT2D eigenvalue weighted by atomic mass is 32.2. The van der Waals surface area contributed by atoms with Crippen molar-refractivity contribution in [1.29, 1.82) is 0 Å². The molecule has 0 fully saturated rings. The smallest absolute Gasteiger partial charge is 0.273 e. The third-order valence-corrected chi connectivity index (χ3v) is 5.60. The predicted molar refractivity (Wildman–Crippen MR) is 101 cm³/mol. The molecule has 3 aromatic rings. The van der Waals surface area contributed by atoms with E-state index in [4.69, 9.17) is 0 Å². The summed E-state index contributed by atoms with van der Waals surface area (Å²) in [4.78, 5) is 38.3. The molecular formula is C19H17N3O3S. The second-order valence-electron chi connectivity index (χ2n) is 6.17. The van der Waals surface area contributed by atoms with Crippen LogP contribution in [-0.4, -0.2) is 21.4 Å². The van der Waals surface area contributed by atoms with Crippen LogP contribution in [0.3, 0.4) is 0 Å². The largest absolute Gasteiger partial charge is 0.348 e. The monoisotopic (exact) mass is 367 g/mol. The van der Waals surface area contributed by atoms with Gasteiger partial charge >= 0.3 is 0 Å². The molecule has 6 nitrogen and oxygen atoms in total. The van der Waals surface area contributed by atoms with Crippen molar-refractivity contribution in [3.63, 3.8) is 0 Å². The lowest BCUT2D eigenvalue weighted by Gasteiger charge is -2.26. The number of fused-ring (bicyclic) bond motifs is 2. The number of hydrogen-bond acceptors (Lipinski definition) is 4. The number of aromatic nitrogens is 2. The molecule has 0 aliphatic carbocycles. The number of aromatic amines is 1. The highest BCUT2D eigenvalue weighted by Crippen LogP contribution is 2.35. The summed E-state index contributed by atoms with van der Waals surface area (Å²) in [5.41, 5.74) is 0.332. The number of nitrogens with zero attached hydrogens (tertiary/aromatic N) is 1. The second-order valence-corrected chi connectivity index (χ2v) is 7.31. The maximum atomic E-state index is 12.5. The molecule has 4 rings (SSSR count). The Bertz CT molecular complexity index is 1100. The maximum absolute atomic E-state index is 12.5. The summed E-state index contributed by atoms with van der Waals surface area (Å²) in [7, 11) is 0. The average molecular weight is 367 g/mol. The summed E-state index contributed by atoms with van der Waals surface area (Å²) in [6.07, 6.45) is 0.830.